The number of hydrogen-bond acceptors (Lipinski definition) is 3. The molecule has 0 bridgehead atoms. The summed E-state index contributed by atoms with van der Waals surface area (Å²) < 4.78 is 1.33. The van der Waals surface area contributed by atoms with Crippen molar-refractivity contribution >= 4 is 5.69 Å². The van der Waals surface area contributed by atoms with Crippen LogP contribution in [0.15, 0.2) is 17.1 Å². The number of aryl methyl sites for hydroxylation is 2. The first kappa shape index (κ1) is 9.44. The number of nitrogens with zero attached hydrogens (tertiary/aromatic N) is 2. The van der Waals surface area contributed by atoms with E-state index in [1.165, 1.54) is 16.8 Å². The van der Waals surface area contributed by atoms with Crippen molar-refractivity contribution in [2.24, 2.45) is 0 Å². The number of aromatic nitrogens is 1. The predicted molar refractivity (Wildman–Crippen MR) is 47.8 cm³/mol. The van der Waals surface area contributed by atoms with Gasteiger partial charge in [-0.25, -0.2) is 0 Å². The molecule has 0 aromatic carbocycles. The van der Waals surface area contributed by atoms with E-state index in [1.807, 2.05) is 0 Å². The molecule has 0 fully saturated rings. The molecule has 1 heterocycles. The Morgan fingerprint density at radius 3 is 2.69 bits per heavy atom. The van der Waals surface area contributed by atoms with Gasteiger partial charge in [-0.1, -0.05) is 0 Å². The summed E-state index contributed by atoms with van der Waals surface area (Å²) in [5, 5.41) is 10.4. The maximum atomic E-state index is 11.3. The molecule has 13 heavy (non-hydrogen) atoms. The molecule has 0 aliphatic rings. The van der Waals surface area contributed by atoms with Crippen LogP contribution >= 0.6 is 0 Å². The summed E-state index contributed by atoms with van der Waals surface area (Å²) >= 11 is 0. The summed E-state index contributed by atoms with van der Waals surface area (Å²) in [6, 6.07) is 1.29. The number of rotatable bonds is 2. The lowest BCUT2D eigenvalue weighted by Gasteiger charge is -2.02. The summed E-state index contributed by atoms with van der Waals surface area (Å²) in [6.45, 7) is 3.79. The molecule has 0 radical (unpaired) electrons. The second kappa shape index (κ2) is 3.38. The van der Waals surface area contributed by atoms with Crippen LogP contribution in [0, 0.1) is 17.0 Å². The van der Waals surface area contributed by atoms with Crippen LogP contribution in [0.4, 0.5) is 5.69 Å². The van der Waals surface area contributed by atoms with Crippen LogP contribution in [0.3, 0.4) is 0 Å². The highest BCUT2D eigenvalue weighted by Crippen LogP contribution is 2.08. The molecule has 0 saturated carbocycles. The molecule has 5 nitrogen and oxygen atoms in total. The lowest BCUT2D eigenvalue weighted by atomic mass is 10.3. The second-order valence-corrected chi connectivity index (χ2v) is 2.73. The van der Waals surface area contributed by atoms with E-state index in [-0.39, 0.29) is 11.2 Å². The van der Waals surface area contributed by atoms with Gasteiger partial charge in [0, 0.05) is 18.2 Å². The van der Waals surface area contributed by atoms with E-state index in [0.29, 0.717) is 12.1 Å². The molecule has 0 aliphatic heterocycles. The number of pyridine rings is 1. The van der Waals surface area contributed by atoms with Crippen molar-refractivity contribution in [3.8, 4) is 0 Å². The van der Waals surface area contributed by atoms with Crippen molar-refractivity contribution in [2.45, 2.75) is 20.4 Å². The Labute approximate surface area is 74.8 Å². The van der Waals surface area contributed by atoms with E-state index in [0.717, 1.165) is 0 Å². The first-order valence-corrected chi connectivity index (χ1v) is 3.91. The van der Waals surface area contributed by atoms with Gasteiger partial charge < -0.3 is 4.57 Å². The van der Waals surface area contributed by atoms with E-state index >= 15 is 0 Å². The third-order valence-electron chi connectivity index (χ3n) is 1.80. The summed E-state index contributed by atoms with van der Waals surface area (Å²) in [4.78, 5) is 21.2. The maximum absolute atomic E-state index is 11.3. The van der Waals surface area contributed by atoms with Gasteiger partial charge >= 0.3 is 0 Å². The van der Waals surface area contributed by atoms with E-state index in [2.05, 4.69) is 0 Å². The third kappa shape index (κ3) is 1.74. The quantitative estimate of drug-likeness (QED) is 0.507. The summed E-state index contributed by atoms with van der Waals surface area (Å²) in [5.74, 6) is 0. The minimum absolute atomic E-state index is 0.0426. The van der Waals surface area contributed by atoms with E-state index < -0.39 is 4.92 Å². The average molecular weight is 182 g/mol. The van der Waals surface area contributed by atoms with Gasteiger partial charge in [0.1, 0.15) is 0 Å². The second-order valence-electron chi connectivity index (χ2n) is 2.73. The van der Waals surface area contributed by atoms with Gasteiger partial charge in [-0.2, -0.15) is 0 Å². The highest BCUT2D eigenvalue weighted by Gasteiger charge is 2.09. The van der Waals surface area contributed by atoms with Gasteiger partial charge in [-0.15, -0.1) is 0 Å². The minimum atomic E-state index is -0.501. The summed E-state index contributed by atoms with van der Waals surface area (Å²) in [5.41, 5.74) is 0.183. The zero-order valence-corrected chi connectivity index (χ0v) is 7.48. The Morgan fingerprint density at radius 1 is 1.62 bits per heavy atom. The van der Waals surface area contributed by atoms with Gasteiger partial charge in [0.2, 0.25) is 0 Å². The minimum Gasteiger partial charge on any atom is -0.309 e. The molecule has 0 spiro atoms. The fourth-order valence-corrected chi connectivity index (χ4v) is 1.10. The van der Waals surface area contributed by atoms with Crippen LogP contribution in [0.2, 0.25) is 0 Å². The summed E-state index contributed by atoms with van der Waals surface area (Å²) in [7, 11) is 0. The molecule has 1 aromatic heterocycles. The Bertz CT molecular complexity index is 395. The largest absolute Gasteiger partial charge is 0.309 e. The standard InChI is InChI=1S/C8H10N2O3/c1-3-9-5-7(10(12)13)4-6(2)8(9)11/h4-5H,3H2,1-2H3. The first-order valence-electron chi connectivity index (χ1n) is 3.91. The Hall–Kier alpha value is -1.65. The molecule has 5 heteroatoms. The van der Waals surface area contributed by atoms with Gasteiger partial charge in [0.15, 0.2) is 0 Å². The molecule has 1 aromatic rings. The first-order chi connectivity index (χ1) is 6.06. The third-order valence-corrected chi connectivity index (χ3v) is 1.80. The Kier molecular flexibility index (Phi) is 2.46. The van der Waals surface area contributed by atoms with Crippen molar-refractivity contribution in [2.75, 3.05) is 0 Å². The van der Waals surface area contributed by atoms with Gasteiger partial charge in [0.25, 0.3) is 11.2 Å². The normalized spacial score (nSPS) is 10.0. The number of nitro groups is 1. The van der Waals surface area contributed by atoms with Gasteiger partial charge in [-0.3, -0.25) is 14.9 Å². The molecule has 0 N–H and O–H groups in total. The average Bonchev–Trinajstić information content (AvgIpc) is 2.09. The maximum Gasteiger partial charge on any atom is 0.286 e. The van der Waals surface area contributed by atoms with Crippen LogP contribution < -0.4 is 5.56 Å². The lowest BCUT2D eigenvalue weighted by molar-refractivity contribution is -0.385. The Balaban J connectivity index is 3.39. The van der Waals surface area contributed by atoms with Crippen LogP contribution in [0.1, 0.15) is 12.5 Å². The monoisotopic (exact) mass is 182 g/mol. The van der Waals surface area contributed by atoms with Crippen LogP contribution in [-0.4, -0.2) is 9.49 Å². The Morgan fingerprint density at radius 2 is 2.23 bits per heavy atom. The van der Waals surface area contributed by atoms with Gasteiger partial charge in [-0.05, 0) is 13.8 Å². The van der Waals surface area contributed by atoms with E-state index in [1.54, 1.807) is 13.8 Å². The van der Waals surface area contributed by atoms with Crippen LogP contribution in [-0.2, 0) is 6.54 Å². The molecule has 0 saturated heterocycles. The smallest absolute Gasteiger partial charge is 0.286 e. The van der Waals surface area contributed by atoms with E-state index in [9.17, 15) is 14.9 Å². The molecular weight excluding hydrogens is 172 g/mol. The van der Waals surface area contributed by atoms with E-state index in [4.69, 9.17) is 0 Å². The molecular formula is C8H10N2O3. The molecule has 0 amide bonds. The SMILES string of the molecule is CCn1cc([N+](=O)[O-])cc(C)c1=O. The van der Waals surface area contributed by atoms with Gasteiger partial charge in [0.05, 0.1) is 11.1 Å². The fourth-order valence-electron chi connectivity index (χ4n) is 1.10. The highest BCUT2D eigenvalue weighted by atomic mass is 16.6. The number of hydrogen-bond donors (Lipinski definition) is 0. The predicted octanol–water partition coefficient (Wildman–Crippen LogP) is 1.08. The molecule has 0 aliphatic carbocycles. The van der Waals surface area contributed by atoms with Crippen LogP contribution in [0.5, 0.6) is 0 Å². The van der Waals surface area contributed by atoms with Crippen molar-refractivity contribution < 1.29 is 4.92 Å². The van der Waals surface area contributed by atoms with Crippen molar-refractivity contribution in [3.05, 3.63) is 38.3 Å². The van der Waals surface area contributed by atoms with Crippen molar-refractivity contribution in [1.29, 1.82) is 0 Å². The van der Waals surface area contributed by atoms with Crippen molar-refractivity contribution in [1.82, 2.24) is 4.57 Å². The molecule has 1 rings (SSSR count). The zero-order chi connectivity index (χ0) is 10.0. The molecule has 70 valence electrons. The van der Waals surface area contributed by atoms with Crippen LogP contribution in [0.25, 0.3) is 0 Å². The molecule has 0 atom stereocenters. The fraction of sp³-hybridized carbons (Fsp3) is 0.375. The highest BCUT2D eigenvalue weighted by molar-refractivity contribution is 5.29. The zero-order valence-electron chi connectivity index (χ0n) is 7.48. The molecule has 0 unspecified atom stereocenters. The topological polar surface area (TPSA) is 65.1 Å². The summed E-state index contributed by atoms with van der Waals surface area (Å²) in [6.07, 6.45) is 1.26. The van der Waals surface area contributed by atoms with Crippen molar-refractivity contribution in [3.63, 3.8) is 0 Å². The lowest BCUT2D eigenvalue weighted by Crippen LogP contribution is -2.21.